The van der Waals surface area contributed by atoms with Crippen molar-refractivity contribution in [3.63, 3.8) is 0 Å². The Morgan fingerprint density at radius 1 is 1.43 bits per heavy atom. The second-order valence-electron chi connectivity index (χ2n) is 1.86. The summed E-state index contributed by atoms with van der Waals surface area (Å²) < 4.78 is 23.8. The lowest BCUT2D eigenvalue weighted by molar-refractivity contribution is -0.0632. The summed E-state index contributed by atoms with van der Waals surface area (Å²) in [5, 5.41) is 0. The van der Waals surface area contributed by atoms with E-state index < -0.39 is 5.92 Å². The lowest BCUT2D eigenvalue weighted by Crippen LogP contribution is -2.35. The van der Waals surface area contributed by atoms with Gasteiger partial charge in [-0.15, -0.1) is 0 Å². The van der Waals surface area contributed by atoms with Gasteiger partial charge in [0.05, 0.1) is 0 Å². The number of hydrogen-bond donors (Lipinski definition) is 0. The monoisotopic (exact) mass is 218 g/mol. The lowest BCUT2D eigenvalue weighted by Gasteiger charge is -2.30. The summed E-state index contributed by atoms with van der Waals surface area (Å²) in [4.78, 5) is 0. The Bertz CT molecular complexity index is 73.8. The van der Waals surface area contributed by atoms with Crippen LogP contribution in [0.25, 0.3) is 0 Å². The molecular formula is C4H5F2I. The highest BCUT2D eigenvalue weighted by Gasteiger charge is 2.43. The molecule has 1 aliphatic rings. The van der Waals surface area contributed by atoms with Crippen molar-refractivity contribution in [2.45, 2.75) is 22.7 Å². The summed E-state index contributed by atoms with van der Waals surface area (Å²) in [5.74, 6) is -2.31. The quantitative estimate of drug-likeness (QED) is 0.432. The molecule has 1 rings (SSSR count). The van der Waals surface area contributed by atoms with E-state index in [0.29, 0.717) is 0 Å². The summed E-state index contributed by atoms with van der Waals surface area (Å²) in [7, 11) is 0. The summed E-state index contributed by atoms with van der Waals surface area (Å²) in [6.07, 6.45) is 0.182. The molecule has 0 heterocycles. The maximum absolute atomic E-state index is 11.8. The zero-order valence-corrected chi connectivity index (χ0v) is 5.78. The molecule has 1 aliphatic carbocycles. The smallest absolute Gasteiger partial charge is 0.207 e. The van der Waals surface area contributed by atoms with E-state index in [-0.39, 0.29) is 16.8 Å². The first-order chi connectivity index (χ1) is 3.10. The minimum absolute atomic E-state index is 0.0908. The van der Waals surface area contributed by atoms with Gasteiger partial charge >= 0.3 is 0 Å². The van der Waals surface area contributed by atoms with Crippen LogP contribution < -0.4 is 0 Å². The maximum Gasteiger partial charge on any atom is 0.250 e. The van der Waals surface area contributed by atoms with Crippen molar-refractivity contribution in [2.24, 2.45) is 0 Å². The number of alkyl halides is 3. The van der Waals surface area contributed by atoms with Crippen molar-refractivity contribution in [3.8, 4) is 0 Å². The molecule has 0 saturated heterocycles. The molecule has 0 spiro atoms. The highest BCUT2D eigenvalue weighted by atomic mass is 127. The van der Waals surface area contributed by atoms with E-state index in [0.717, 1.165) is 0 Å². The fourth-order valence-electron chi connectivity index (χ4n) is 0.588. The molecule has 0 amide bonds. The molecule has 0 aromatic carbocycles. The van der Waals surface area contributed by atoms with Gasteiger partial charge in [0, 0.05) is 16.8 Å². The Labute approximate surface area is 54.4 Å². The van der Waals surface area contributed by atoms with Crippen LogP contribution in [0.1, 0.15) is 12.8 Å². The largest absolute Gasteiger partial charge is 0.250 e. The minimum Gasteiger partial charge on any atom is -0.207 e. The van der Waals surface area contributed by atoms with Gasteiger partial charge in [-0.1, -0.05) is 22.6 Å². The summed E-state index contributed by atoms with van der Waals surface area (Å²) in [6, 6.07) is 0. The van der Waals surface area contributed by atoms with E-state index in [1.807, 2.05) is 22.6 Å². The Balaban J connectivity index is 2.29. The molecule has 1 saturated carbocycles. The van der Waals surface area contributed by atoms with E-state index >= 15 is 0 Å². The molecule has 0 aromatic rings. The second kappa shape index (κ2) is 1.53. The first kappa shape index (κ1) is 5.72. The SMILES string of the molecule is FC1(F)CC(I)C1. The molecule has 0 aliphatic heterocycles. The molecule has 0 N–H and O–H groups in total. The molecule has 42 valence electrons. The van der Waals surface area contributed by atoms with Crippen LogP contribution in [0.3, 0.4) is 0 Å². The van der Waals surface area contributed by atoms with Crippen LogP contribution in [0.4, 0.5) is 8.78 Å². The standard InChI is InChI=1S/C4H5F2I/c5-4(6)1-3(7)2-4/h3H,1-2H2. The van der Waals surface area contributed by atoms with E-state index in [4.69, 9.17) is 0 Å². The van der Waals surface area contributed by atoms with Gasteiger partial charge in [0.1, 0.15) is 0 Å². The zero-order chi connectivity index (χ0) is 5.49. The summed E-state index contributed by atoms with van der Waals surface area (Å²) in [5.41, 5.74) is 0. The van der Waals surface area contributed by atoms with Crippen LogP contribution in [-0.4, -0.2) is 9.85 Å². The molecule has 0 bridgehead atoms. The topological polar surface area (TPSA) is 0 Å². The average molecular weight is 218 g/mol. The van der Waals surface area contributed by atoms with Gasteiger partial charge < -0.3 is 0 Å². The van der Waals surface area contributed by atoms with Crippen molar-refractivity contribution in [1.29, 1.82) is 0 Å². The highest BCUT2D eigenvalue weighted by molar-refractivity contribution is 14.1. The predicted octanol–water partition coefficient (Wildman–Crippen LogP) is 2.22. The first-order valence-electron chi connectivity index (χ1n) is 2.12. The number of rotatable bonds is 0. The third kappa shape index (κ3) is 1.24. The van der Waals surface area contributed by atoms with Crippen LogP contribution in [0, 0.1) is 0 Å². The van der Waals surface area contributed by atoms with Crippen LogP contribution in [0.2, 0.25) is 0 Å². The van der Waals surface area contributed by atoms with E-state index in [2.05, 4.69) is 0 Å². The van der Waals surface area contributed by atoms with Crippen molar-refractivity contribution in [1.82, 2.24) is 0 Å². The highest BCUT2D eigenvalue weighted by Crippen LogP contribution is 2.41. The predicted molar refractivity (Wildman–Crippen MR) is 32.0 cm³/mol. The summed E-state index contributed by atoms with van der Waals surface area (Å²) >= 11 is 2.04. The molecule has 0 aromatic heterocycles. The fraction of sp³-hybridized carbons (Fsp3) is 1.00. The molecule has 0 atom stereocenters. The third-order valence-electron chi connectivity index (χ3n) is 1.04. The van der Waals surface area contributed by atoms with Crippen LogP contribution in [-0.2, 0) is 0 Å². The van der Waals surface area contributed by atoms with Gasteiger partial charge in [0.25, 0.3) is 0 Å². The Kier molecular flexibility index (Phi) is 1.25. The third-order valence-corrected chi connectivity index (χ3v) is 1.92. The van der Waals surface area contributed by atoms with Crippen molar-refractivity contribution >= 4 is 22.6 Å². The van der Waals surface area contributed by atoms with Gasteiger partial charge in [-0.05, 0) is 0 Å². The fourth-order valence-corrected chi connectivity index (χ4v) is 1.88. The van der Waals surface area contributed by atoms with Gasteiger partial charge in [-0.25, -0.2) is 8.78 Å². The van der Waals surface area contributed by atoms with Crippen LogP contribution >= 0.6 is 22.6 Å². The second-order valence-corrected chi connectivity index (χ2v) is 3.62. The Hall–Kier alpha value is 0.590. The minimum atomic E-state index is -2.31. The molecule has 1 fully saturated rings. The van der Waals surface area contributed by atoms with Gasteiger partial charge in [0.15, 0.2) is 0 Å². The van der Waals surface area contributed by atoms with Gasteiger partial charge in [-0.3, -0.25) is 0 Å². The van der Waals surface area contributed by atoms with Gasteiger partial charge in [-0.2, -0.15) is 0 Å². The average Bonchev–Trinajstić information content (AvgIpc) is 1.27. The van der Waals surface area contributed by atoms with Crippen molar-refractivity contribution in [3.05, 3.63) is 0 Å². The molecular weight excluding hydrogens is 213 g/mol. The Morgan fingerprint density at radius 3 is 1.86 bits per heavy atom. The maximum atomic E-state index is 11.8. The van der Waals surface area contributed by atoms with E-state index in [1.54, 1.807) is 0 Å². The van der Waals surface area contributed by atoms with E-state index in [9.17, 15) is 8.78 Å². The zero-order valence-electron chi connectivity index (χ0n) is 3.63. The lowest BCUT2D eigenvalue weighted by atomic mass is 9.95. The first-order valence-corrected chi connectivity index (χ1v) is 3.37. The van der Waals surface area contributed by atoms with Crippen molar-refractivity contribution < 1.29 is 8.78 Å². The molecule has 0 nitrogen and oxygen atoms in total. The number of hydrogen-bond acceptors (Lipinski definition) is 0. The van der Waals surface area contributed by atoms with Gasteiger partial charge in [0.2, 0.25) is 5.92 Å². The molecule has 0 unspecified atom stereocenters. The molecule has 0 radical (unpaired) electrons. The van der Waals surface area contributed by atoms with Crippen molar-refractivity contribution in [2.75, 3.05) is 0 Å². The van der Waals surface area contributed by atoms with Crippen LogP contribution in [0.15, 0.2) is 0 Å². The van der Waals surface area contributed by atoms with Crippen LogP contribution in [0.5, 0.6) is 0 Å². The van der Waals surface area contributed by atoms with E-state index in [1.165, 1.54) is 0 Å². The normalized spacial score (nSPS) is 29.6. The molecule has 7 heavy (non-hydrogen) atoms. The Morgan fingerprint density at radius 2 is 1.86 bits per heavy atom. The summed E-state index contributed by atoms with van der Waals surface area (Å²) in [6.45, 7) is 0. The number of halogens is 3. The molecule has 3 heteroatoms.